The molecular formula is C24H26F3N3O3. The Bertz CT molecular complexity index is 1040. The van der Waals surface area contributed by atoms with Crippen molar-refractivity contribution in [1.29, 1.82) is 0 Å². The Balaban J connectivity index is 1.95. The molecule has 0 fully saturated rings. The third kappa shape index (κ3) is 5.71. The van der Waals surface area contributed by atoms with Crippen LogP contribution in [0.25, 0.3) is 11.1 Å². The lowest BCUT2D eigenvalue weighted by molar-refractivity contribution is -0.146. The van der Waals surface area contributed by atoms with E-state index in [-0.39, 0.29) is 6.42 Å². The van der Waals surface area contributed by atoms with Crippen LogP contribution < -0.4 is 16.4 Å². The van der Waals surface area contributed by atoms with Gasteiger partial charge in [0, 0.05) is 29.5 Å². The molecular weight excluding hydrogens is 435 g/mol. The Hall–Kier alpha value is -3.36. The number of primary amides is 1. The van der Waals surface area contributed by atoms with E-state index in [1.54, 1.807) is 43.3 Å². The summed E-state index contributed by atoms with van der Waals surface area (Å²) in [5, 5.41) is 5.38. The highest BCUT2D eigenvalue weighted by atomic mass is 19.4. The van der Waals surface area contributed by atoms with E-state index in [0.717, 1.165) is 5.56 Å². The van der Waals surface area contributed by atoms with Crippen molar-refractivity contribution in [3.8, 4) is 11.1 Å². The first-order valence-corrected chi connectivity index (χ1v) is 10.8. The van der Waals surface area contributed by atoms with E-state index < -0.39 is 54.6 Å². The summed E-state index contributed by atoms with van der Waals surface area (Å²) in [5.74, 6) is -4.55. The van der Waals surface area contributed by atoms with Crippen LogP contribution in [-0.2, 0) is 14.4 Å². The molecule has 1 aliphatic heterocycles. The van der Waals surface area contributed by atoms with Crippen LogP contribution in [0.4, 0.5) is 18.9 Å². The lowest BCUT2D eigenvalue weighted by Crippen LogP contribution is -2.44. The van der Waals surface area contributed by atoms with Crippen molar-refractivity contribution in [3.63, 3.8) is 0 Å². The minimum atomic E-state index is -4.50. The summed E-state index contributed by atoms with van der Waals surface area (Å²) in [5.41, 5.74) is 7.97. The molecule has 4 N–H and O–H groups in total. The maximum Gasteiger partial charge on any atom is 0.389 e. The smallest absolute Gasteiger partial charge is 0.369 e. The normalized spacial score (nSPS) is 17.1. The van der Waals surface area contributed by atoms with Crippen LogP contribution in [0.2, 0.25) is 0 Å². The topological polar surface area (TPSA) is 101 Å². The second-order valence-electron chi connectivity index (χ2n) is 8.12. The molecule has 1 aliphatic rings. The van der Waals surface area contributed by atoms with E-state index >= 15 is 0 Å². The fourth-order valence-electron chi connectivity index (χ4n) is 4.25. The second-order valence-corrected chi connectivity index (χ2v) is 8.12. The summed E-state index contributed by atoms with van der Waals surface area (Å²) in [6.07, 6.45) is -5.70. The van der Waals surface area contributed by atoms with Gasteiger partial charge in [0.1, 0.15) is 6.04 Å². The number of carbonyl (C=O) groups excluding carboxylic acids is 3. The van der Waals surface area contributed by atoms with Crippen LogP contribution in [0.15, 0.2) is 48.5 Å². The summed E-state index contributed by atoms with van der Waals surface area (Å²) in [6, 6.07) is 13.0. The fraction of sp³-hybridized carbons (Fsp3) is 0.375. The third-order valence-corrected chi connectivity index (χ3v) is 5.82. The zero-order valence-electron chi connectivity index (χ0n) is 18.1. The van der Waals surface area contributed by atoms with Gasteiger partial charge in [0.15, 0.2) is 0 Å². The van der Waals surface area contributed by atoms with Gasteiger partial charge in [-0.25, -0.2) is 0 Å². The molecule has 2 aromatic rings. The molecule has 3 rings (SSSR count). The van der Waals surface area contributed by atoms with Gasteiger partial charge in [0.05, 0.1) is 0 Å². The first kappa shape index (κ1) is 24.3. The molecule has 33 heavy (non-hydrogen) atoms. The molecule has 0 aromatic heterocycles. The van der Waals surface area contributed by atoms with Crippen molar-refractivity contribution >= 4 is 23.4 Å². The Kier molecular flexibility index (Phi) is 7.40. The van der Waals surface area contributed by atoms with Crippen molar-refractivity contribution in [2.24, 2.45) is 17.6 Å². The van der Waals surface area contributed by atoms with Gasteiger partial charge >= 0.3 is 6.18 Å². The van der Waals surface area contributed by atoms with E-state index in [0.29, 0.717) is 23.2 Å². The monoisotopic (exact) mass is 461 g/mol. The Morgan fingerprint density at radius 2 is 1.67 bits per heavy atom. The first-order valence-electron chi connectivity index (χ1n) is 10.8. The zero-order chi connectivity index (χ0) is 24.2. The van der Waals surface area contributed by atoms with Gasteiger partial charge in [-0.3, -0.25) is 14.4 Å². The summed E-state index contributed by atoms with van der Waals surface area (Å²) < 4.78 is 38.8. The van der Waals surface area contributed by atoms with E-state index in [2.05, 4.69) is 10.6 Å². The minimum absolute atomic E-state index is 0.171. The SMILES string of the molecule is CCCC(C(N)=O)C(CCC(F)(F)F)C(=O)NC1C(=O)Nc2ccccc2-c2ccccc21. The van der Waals surface area contributed by atoms with Gasteiger partial charge in [-0.05, 0) is 30.0 Å². The number of hydrogen-bond acceptors (Lipinski definition) is 3. The van der Waals surface area contributed by atoms with Gasteiger partial charge < -0.3 is 16.4 Å². The summed E-state index contributed by atoms with van der Waals surface area (Å²) in [7, 11) is 0. The Morgan fingerprint density at radius 1 is 1.03 bits per heavy atom. The molecule has 0 radical (unpaired) electrons. The molecule has 6 nitrogen and oxygen atoms in total. The number of nitrogens with two attached hydrogens (primary N) is 1. The first-order chi connectivity index (χ1) is 15.6. The number of amides is 3. The average Bonchev–Trinajstić information content (AvgIpc) is 2.87. The molecule has 0 saturated heterocycles. The minimum Gasteiger partial charge on any atom is -0.369 e. The third-order valence-electron chi connectivity index (χ3n) is 5.82. The maximum atomic E-state index is 13.2. The van der Waals surface area contributed by atoms with Crippen LogP contribution in [-0.4, -0.2) is 23.9 Å². The number of nitrogens with one attached hydrogen (secondary N) is 2. The van der Waals surface area contributed by atoms with Crippen molar-refractivity contribution in [1.82, 2.24) is 5.32 Å². The zero-order valence-corrected chi connectivity index (χ0v) is 18.1. The highest BCUT2D eigenvalue weighted by Gasteiger charge is 2.38. The van der Waals surface area contributed by atoms with Crippen molar-refractivity contribution < 1.29 is 27.6 Å². The van der Waals surface area contributed by atoms with Gasteiger partial charge in [-0.1, -0.05) is 55.8 Å². The quantitative estimate of drug-likeness (QED) is 0.546. The van der Waals surface area contributed by atoms with E-state index in [4.69, 9.17) is 5.73 Å². The van der Waals surface area contributed by atoms with Crippen LogP contribution in [0.3, 0.4) is 0 Å². The summed E-state index contributed by atoms with van der Waals surface area (Å²) in [6.45, 7) is 1.75. The number of rotatable bonds is 8. The summed E-state index contributed by atoms with van der Waals surface area (Å²) >= 11 is 0. The van der Waals surface area contributed by atoms with Crippen LogP contribution in [0.1, 0.15) is 44.2 Å². The number of hydrogen-bond donors (Lipinski definition) is 3. The number of carbonyl (C=O) groups is 3. The second kappa shape index (κ2) is 10.1. The molecule has 2 aromatic carbocycles. The number of halogens is 3. The van der Waals surface area contributed by atoms with Gasteiger partial charge in [0.2, 0.25) is 11.8 Å². The highest BCUT2D eigenvalue weighted by molar-refractivity contribution is 6.04. The maximum absolute atomic E-state index is 13.2. The molecule has 1 heterocycles. The van der Waals surface area contributed by atoms with E-state index in [1.165, 1.54) is 0 Å². The van der Waals surface area contributed by atoms with Crippen molar-refractivity contribution in [3.05, 3.63) is 54.1 Å². The Morgan fingerprint density at radius 3 is 2.30 bits per heavy atom. The van der Waals surface area contributed by atoms with Gasteiger partial charge in [-0.15, -0.1) is 0 Å². The molecule has 0 bridgehead atoms. The van der Waals surface area contributed by atoms with E-state index in [9.17, 15) is 27.6 Å². The number of benzene rings is 2. The van der Waals surface area contributed by atoms with Crippen molar-refractivity contribution in [2.75, 3.05) is 5.32 Å². The number of anilines is 1. The predicted molar refractivity (Wildman–Crippen MR) is 118 cm³/mol. The largest absolute Gasteiger partial charge is 0.389 e. The Labute approximate surface area is 189 Å². The number of fused-ring (bicyclic) bond motifs is 3. The highest BCUT2D eigenvalue weighted by Crippen LogP contribution is 2.38. The fourth-order valence-corrected chi connectivity index (χ4v) is 4.25. The van der Waals surface area contributed by atoms with Crippen LogP contribution >= 0.6 is 0 Å². The molecule has 0 aliphatic carbocycles. The average molecular weight is 461 g/mol. The molecule has 176 valence electrons. The van der Waals surface area contributed by atoms with Crippen LogP contribution in [0.5, 0.6) is 0 Å². The lowest BCUT2D eigenvalue weighted by Gasteiger charge is -2.27. The lowest BCUT2D eigenvalue weighted by atomic mass is 9.83. The predicted octanol–water partition coefficient (Wildman–Crippen LogP) is 4.32. The molecule has 9 heteroatoms. The van der Waals surface area contributed by atoms with Crippen molar-refractivity contribution in [2.45, 2.75) is 44.8 Å². The number of para-hydroxylation sites is 1. The molecule has 0 saturated carbocycles. The van der Waals surface area contributed by atoms with Gasteiger partial charge in [0.25, 0.3) is 5.91 Å². The standard InChI is InChI=1S/C24H26F3N3O3/c1-2-7-17(21(28)31)18(12-13-24(25,26)27)22(32)30-20-16-10-4-3-8-14(16)15-9-5-6-11-19(15)29-23(20)33/h3-6,8-11,17-18,20H,2,7,12-13H2,1H3,(H2,28,31)(H,29,33)(H,30,32). The van der Waals surface area contributed by atoms with E-state index in [1.807, 2.05) is 12.1 Å². The molecule has 3 amide bonds. The molecule has 0 spiro atoms. The van der Waals surface area contributed by atoms with Gasteiger partial charge in [-0.2, -0.15) is 13.2 Å². The van der Waals surface area contributed by atoms with Crippen LogP contribution in [0, 0.1) is 11.8 Å². The summed E-state index contributed by atoms with van der Waals surface area (Å²) in [4.78, 5) is 38.3. The molecule has 3 atom stereocenters. The molecule has 3 unspecified atom stereocenters. The number of alkyl halides is 3.